The maximum absolute atomic E-state index is 3.24. The van der Waals surface area contributed by atoms with Crippen LogP contribution in [-0.2, 0) is 0 Å². The van der Waals surface area contributed by atoms with E-state index in [0.717, 1.165) is 12.8 Å². The van der Waals surface area contributed by atoms with Crippen LogP contribution in [0.15, 0.2) is 97.6 Å². The fraction of sp³-hybridized carbons (Fsp3) is 0.222. The number of hydrogen-bond acceptors (Lipinski definition) is 0. The Morgan fingerprint density at radius 1 is 0.690 bits per heavy atom. The summed E-state index contributed by atoms with van der Waals surface area (Å²) in [5.41, 5.74) is 6.82. The van der Waals surface area contributed by atoms with E-state index in [2.05, 4.69) is 115 Å². The highest BCUT2D eigenvalue weighted by molar-refractivity contribution is 5.51. The van der Waals surface area contributed by atoms with Crippen molar-refractivity contribution in [2.24, 2.45) is 0 Å². The summed E-state index contributed by atoms with van der Waals surface area (Å²) >= 11 is 0. The van der Waals surface area contributed by atoms with Gasteiger partial charge in [0.15, 0.2) is 0 Å². The van der Waals surface area contributed by atoms with E-state index in [0.29, 0.717) is 11.8 Å². The summed E-state index contributed by atoms with van der Waals surface area (Å²) in [5, 5.41) is 0. The number of aromatic amines is 1. The fourth-order valence-corrected chi connectivity index (χ4v) is 4.51. The number of H-pyrrole nitrogens is 1. The van der Waals surface area contributed by atoms with Gasteiger partial charge in [-0.3, -0.25) is 0 Å². The van der Waals surface area contributed by atoms with E-state index in [4.69, 9.17) is 0 Å². The SMILES string of the molecule is CCC(c1ccccc1)c1cccc(C(CC)c2ccccc2)c1-[n+]1cc[nH]c1. The molecular formula is C27H29N2+. The number of imidazole rings is 1. The molecule has 4 rings (SSSR count). The number of benzene rings is 3. The summed E-state index contributed by atoms with van der Waals surface area (Å²) in [6.45, 7) is 4.56. The van der Waals surface area contributed by atoms with E-state index in [1.165, 1.54) is 27.9 Å². The van der Waals surface area contributed by atoms with Gasteiger partial charge >= 0.3 is 0 Å². The molecule has 0 aliphatic carbocycles. The second-order valence-corrected chi connectivity index (χ2v) is 7.55. The lowest BCUT2D eigenvalue weighted by atomic mass is 9.82. The molecule has 4 aromatic rings. The maximum Gasteiger partial charge on any atom is 0.246 e. The van der Waals surface area contributed by atoms with Crippen LogP contribution in [0.5, 0.6) is 0 Å². The molecule has 0 fully saturated rings. The summed E-state index contributed by atoms with van der Waals surface area (Å²) in [7, 11) is 0. The average Bonchev–Trinajstić information content (AvgIpc) is 3.31. The molecule has 2 unspecified atom stereocenters. The van der Waals surface area contributed by atoms with Crippen molar-refractivity contribution in [2.75, 3.05) is 0 Å². The van der Waals surface area contributed by atoms with Gasteiger partial charge in [-0.25, -0.2) is 9.55 Å². The highest BCUT2D eigenvalue weighted by Gasteiger charge is 2.26. The lowest BCUT2D eigenvalue weighted by Gasteiger charge is -2.24. The standard InChI is InChI=1S/C27H28N2/c1-3-23(21-12-7-5-8-13-21)25-16-11-17-26(27(25)29-19-18-28-20-29)24(4-2)22-14-9-6-10-15-22/h5-20,23-24H,3-4H2,1-2H3/p+1. The van der Waals surface area contributed by atoms with E-state index in [-0.39, 0.29) is 0 Å². The highest BCUT2D eigenvalue weighted by Crippen LogP contribution is 2.37. The van der Waals surface area contributed by atoms with Crippen molar-refractivity contribution in [1.29, 1.82) is 0 Å². The van der Waals surface area contributed by atoms with Gasteiger partial charge in [-0.05, 0) is 24.0 Å². The third kappa shape index (κ3) is 3.88. The van der Waals surface area contributed by atoms with E-state index in [1.807, 2.05) is 6.20 Å². The predicted molar refractivity (Wildman–Crippen MR) is 119 cm³/mol. The molecule has 1 aromatic heterocycles. The molecule has 146 valence electrons. The zero-order valence-electron chi connectivity index (χ0n) is 17.3. The zero-order valence-corrected chi connectivity index (χ0v) is 17.3. The van der Waals surface area contributed by atoms with E-state index < -0.39 is 0 Å². The Bertz CT molecular complexity index is 955. The van der Waals surface area contributed by atoms with Crippen molar-refractivity contribution in [3.8, 4) is 5.69 Å². The van der Waals surface area contributed by atoms with E-state index in [9.17, 15) is 0 Å². The molecule has 0 saturated carbocycles. The van der Waals surface area contributed by atoms with Crippen molar-refractivity contribution in [3.05, 3.63) is 120 Å². The van der Waals surface area contributed by atoms with Gasteiger partial charge in [0.2, 0.25) is 6.33 Å². The Morgan fingerprint density at radius 2 is 1.21 bits per heavy atom. The molecule has 0 radical (unpaired) electrons. The maximum atomic E-state index is 3.24. The summed E-state index contributed by atoms with van der Waals surface area (Å²) < 4.78 is 2.25. The smallest absolute Gasteiger partial charge is 0.246 e. The van der Waals surface area contributed by atoms with Crippen LogP contribution in [0.2, 0.25) is 0 Å². The van der Waals surface area contributed by atoms with Crippen LogP contribution in [-0.4, -0.2) is 4.98 Å². The number of rotatable bonds is 7. The molecule has 0 aliphatic heterocycles. The van der Waals surface area contributed by atoms with Crippen molar-refractivity contribution in [3.63, 3.8) is 0 Å². The van der Waals surface area contributed by atoms with Gasteiger partial charge in [0.1, 0.15) is 18.1 Å². The molecule has 0 bridgehead atoms. The predicted octanol–water partition coefficient (Wildman–Crippen LogP) is 6.38. The van der Waals surface area contributed by atoms with Crippen molar-refractivity contribution in [2.45, 2.75) is 38.5 Å². The second kappa shape index (κ2) is 8.91. The van der Waals surface area contributed by atoms with Crippen LogP contribution in [0, 0.1) is 0 Å². The van der Waals surface area contributed by atoms with Crippen LogP contribution < -0.4 is 4.57 Å². The van der Waals surface area contributed by atoms with Crippen LogP contribution >= 0.6 is 0 Å². The Balaban J connectivity index is 1.92. The monoisotopic (exact) mass is 381 g/mol. The van der Waals surface area contributed by atoms with E-state index >= 15 is 0 Å². The molecule has 3 aromatic carbocycles. The molecule has 2 nitrogen and oxygen atoms in total. The number of para-hydroxylation sites is 1. The minimum Gasteiger partial charge on any atom is -0.250 e. The summed E-state index contributed by atoms with van der Waals surface area (Å²) in [6, 6.07) is 28.6. The summed E-state index contributed by atoms with van der Waals surface area (Å²) in [5.74, 6) is 0.726. The first-order valence-electron chi connectivity index (χ1n) is 10.6. The first-order valence-corrected chi connectivity index (χ1v) is 10.6. The molecule has 0 amide bonds. The molecule has 2 atom stereocenters. The zero-order chi connectivity index (χ0) is 20.1. The first-order chi connectivity index (χ1) is 14.3. The molecule has 1 N–H and O–H groups in total. The first kappa shape index (κ1) is 19.2. The van der Waals surface area contributed by atoms with E-state index in [1.54, 1.807) is 0 Å². The number of nitrogens with zero attached hydrogens (tertiary/aromatic N) is 1. The highest BCUT2D eigenvalue weighted by atomic mass is 15.0. The molecular weight excluding hydrogens is 352 g/mol. The third-order valence-electron chi connectivity index (χ3n) is 5.87. The fourth-order valence-electron chi connectivity index (χ4n) is 4.51. The summed E-state index contributed by atoms with van der Waals surface area (Å²) in [4.78, 5) is 3.24. The van der Waals surface area contributed by atoms with Crippen molar-refractivity contribution >= 4 is 0 Å². The minimum absolute atomic E-state index is 0.363. The van der Waals surface area contributed by atoms with Gasteiger partial charge in [-0.1, -0.05) is 92.7 Å². The Kier molecular flexibility index (Phi) is 5.90. The van der Waals surface area contributed by atoms with Gasteiger partial charge < -0.3 is 0 Å². The molecule has 1 heterocycles. The minimum atomic E-state index is 0.363. The van der Waals surface area contributed by atoms with Crippen LogP contribution in [0.3, 0.4) is 0 Å². The molecule has 0 saturated heterocycles. The van der Waals surface area contributed by atoms with Crippen LogP contribution in [0.1, 0.15) is 60.8 Å². The molecule has 29 heavy (non-hydrogen) atoms. The topological polar surface area (TPSA) is 19.7 Å². The number of aromatic nitrogens is 2. The van der Waals surface area contributed by atoms with Crippen LogP contribution in [0.4, 0.5) is 0 Å². The van der Waals surface area contributed by atoms with Gasteiger partial charge in [0, 0.05) is 23.0 Å². The number of hydrogen-bond donors (Lipinski definition) is 1. The Hall–Kier alpha value is -3.13. The molecule has 0 spiro atoms. The largest absolute Gasteiger partial charge is 0.250 e. The van der Waals surface area contributed by atoms with Crippen molar-refractivity contribution in [1.82, 2.24) is 4.98 Å². The second-order valence-electron chi connectivity index (χ2n) is 7.55. The van der Waals surface area contributed by atoms with Gasteiger partial charge in [-0.2, -0.15) is 0 Å². The molecule has 2 heteroatoms. The van der Waals surface area contributed by atoms with Gasteiger partial charge in [-0.15, -0.1) is 0 Å². The Morgan fingerprint density at radius 3 is 1.62 bits per heavy atom. The normalized spacial score (nSPS) is 13.2. The quantitative estimate of drug-likeness (QED) is 0.359. The summed E-state index contributed by atoms with van der Waals surface area (Å²) in [6.07, 6.45) is 8.30. The molecule has 0 aliphatic rings. The Labute approximate surface area is 173 Å². The lowest BCUT2D eigenvalue weighted by Crippen LogP contribution is -2.32. The number of nitrogens with one attached hydrogen (secondary N) is 1. The van der Waals surface area contributed by atoms with Crippen LogP contribution in [0.25, 0.3) is 5.69 Å². The lowest BCUT2D eigenvalue weighted by molar-refractivity contribution is -0.595. The van der Waals surface area contributed by atoms with Crippen molar-refractivity contribution < 1.29 is 4.57 Å². The van der Waals surface area contributed by atoms with Gasteiger partial charge in [0.25, 0.3) is 0 Å². The average molecular weight is 382 g/mol. The van der Waals surface area contributed by atoms with Gasteiger partial charge in [0.05, 0.1) is 0 Å². The third-order valence-corrected chi connectivity index (χ3v) is 5.87.